The van der Waals surface area contributed by atoms with E-state index in [0.29, 0.717) is 11.6 Å². The Labute approximate surface area is 158 Å². The summed E-state index contributed by atoms with van der Waals surface area (Å²) in [5.74, 6) is 0.803. The van der Waals surface area contributed by atoms with Crippen LogP contribution in [0.4, 0.5) is 0 Å². The first-order valence-electron chi connectivity index (χ1n) is 8.22. The third kappa shape index (κ3) is 5.45. The molecule has 0 bridgehead atoms. The Hall–Kier alpha value is -2.08. The summed E-state index contributed by atoms with van der Waals surface area (Å²) in [7, 11) is -6.77. The molecule has 1 aromatic carbocycles. The minimum absolute atomic E-state index is 0.0505. The molecule has 3 rings (SSSR count). The van der Waals surface area contributed by atoms with Crippen molar-refractivity contribution in [3.63, 3.8) is 0 Å². The van der Waals surface area contributed by atoms with E-state index in [2.05, 4.69) is 14.7 Å². The van der Waals surface area contributed by atoms with E-state index < -0.39 is 26.1 Å². The van der Waals surface area contributed by atoms with Gasteiger partial charge in [0, 0.05) is 31.7 Å². The van der Waals surface area contributed by atoms with Gasteiger partial charge in [-0.05, 0) is 24.1 Å². The van der Waals surface area contributed by atoms with Crippen molar-refractivity contribution < 1.29 is 21.6 Å². The Morgan fingerprint density at radius 2 is 2.15 bits per heavy atom. The summed E-state index contributed by atoms with van der Waals surface area (Å²) < 4.78 is 56.5. The summed E-state index contributed by atoms with van der Waals surface area (Å²) in [6, 6.07) is 6.60. The van der Waals surface area contributed by atoms with E-state index in [0.717, 1.165) is 11.8 Å². The first kappa shape index (κ1) is 19.7. The number of rotatable bonds is 7. The van der Waals surface area contributed by atoms with Crippen molar-refractivity contribution in [3.05, 3.63) is 48.4 Å². The van der Waals surface area contributed by atoms with Crippen LogP contribution in [0, 0.1) is 0 Å². The first-order chi connectivity index (χ1) is 12.7. The number of nitrogens with zero attached hydrogens (tertiary/aromatic N) is 3. The monoisotopic (exact) mass is 412 g/mol. The average Bonchev–Trinajstić information content (AvgIpc) is 2.90. The molecule has 1 fully saturated rings. The number of nitrogens with one attached hydrogen (secondary N) is 1. The van der Waals surface area contributed by atoms with E-state index in [-0.39, 0.29) is 25.3 Å². The van der Waals surface area contributed by atoms with Gasteiger partial charge in [-0.1, -0.05) is 12.1 Å². The Balaban J connectivity index is 1.69. The molecule has 1 unspecified atom stereocenters. The van der Waals surface area contributed by atoms with Crippen molar-refractivity contribution in [2.45, 2.75) is 12.5 Å². The zero-order chi connectivity index (χ0) is 19.5. The van der Waals surface area contributed by atoms with Crippen molar-refractivity contribution in [1.82, 2.24) is 19.0 Å². The highest BCUT2D eigenvalue weighted by atomic mass is 32.2. The van der Waals surface area contributed by atoms with Gasteiger partial charge < -0.3 is 4.74 Å². The van der Waals surface area contributed by atoms with Gasteiger partial charge in [-0.2, -0.15) is 17.4 Å². The van der Waals surface area contributed by atoms with Gasteiger partial charge in [-0.15, -0.1) is 0 Å². The fourth-order valence-corrected chi connectivity index (χ4v) is 4.82. The van der Waals surface area contributed by atoms with Gasteiger partial charge in [-0.25, -0.2) is 13.4 Å². The maximum absolute atomic E-state index is 12.3. The van der Waals surface area contributed by atoms with Crippen LogP contribution in [0.3, 0.4) is 0 Å². The van der Waals surface area contributed by atoms with Gasteiger partial charge in [0.05, 0.1) is 18.0 Å². The van der Waals surface area contributed by atoms with Crippen molar-refractivity contribution in [3.8, 4) is 11.6 Å². The summed E-state index contributed by atoms with van der Waals surface area (Å²) >= 11 is 0. The lowest BCUT2D eigenvalue weighted by molar-refractivity contribution is 0.427. The Kier molecular flexibility index (Phi) is 5.75. The quantitative estimate of drug-likeness (QED) is 0.717. The smallest absolute Gasteiger partial charge is 0.280 e. The Morgan fingerprint density at radius 1 is 1.33 bits per heavy atom. The minimum Gasteiger partial charge on any atom is -0.437 e. The lowest BCUT2D eigenvalue weighted by Gasteiger charge is -2.13. The molecule has 1 aliphatic heterocycles. The van der Waals surface area contributed by atoms with Gasteiger partial charge in [0.25, 0.3) is 10.2 Å². The van der Waals surface area contributed by atoms with Crippen molar-refractivity contribution in [2.24, 2.45) is 0 Å². The number of ether oxygens (including phenoxy) is 1. The summed E-state index contributed by atoms with van der Waals surface area (Å²) in [5.41, 5.74) is 0.741. The predicted molar refractivity (Wildman–Crippen MR) is 99.2 cm³/mol. The van der Waals surface area contributed by atoms with Gasteiger partial charge in [0.1, 0.15) is 15.6 Å². The predicted octanol–water partition coefficient (Wildman–Crippen LogP) is 0.895. The molecule has 0 radical (unpaired) electrons. The van der Waals surface area contributed by atoms with Gasteiger partial charge in [0.15, 0.2) is 0 Å². The van der Waals surface area contributed by atoms with Crippen LogP contribution in [0.25, 0.3) is 0 Å². The van der Waals surface area contributed by atoms with Crippen LogP contribution in [-0.4, -0.2) is 56.2 Å². The summed E-state index contributed by atoms with van der Waals surface area (Å²) in [6.45, 7) is 0.370. The highest BCUT2D eigenvalue weighted by molar-refractivity contribution is 7.90. The largest absolute Gasteiger partial charge is 0.437 e. The molecule has 9 nitrogen and oxygen atoms in total. The molecule has 0 spiro atoms. The van der Waals surface area contributed by atoms with Crippen molar-refractivity contribution in [2.75, 3.05) is 25.1 Å². The highest BCUT2D eigenvalue weighted by Gasteiger charge is 2.35. The van der Waals surface area contributed by atoms with Crippen LogP contribution < -0.4 is 9.46 Å². The van der Waals surface area contributed by atoms with E-state index in [1.807, 2.05) is 0 Å². The lowest BCUT2D eigenvalue weighted by Crippen LogP contribution is -2.31. The third-order valence-electron chi connectivity index (χ3n) is 3.96. The van der Waals surface area contributed by atoms with Crippen LogP contribution in [0.15, 0.2) is 42.9 Å². The first-order valence-corrected chi connectivity index (χ1v) is 11.7. The number of sulfone groups is 1. The van der Waals surface area contributed by atoms with Crippen LogP contribution in [0.2, 0.25) is 0 Å². The molecule has 1 aromatic heterocycles. The van der Waals surface area contributed by atoms with Crippen molar-refractivity contribution >= 4 is 20.0 Å². The molecule has 0 amide bonds. The number of aromatic nitrogens is 2. The van der Waals surface area contributed by atoms with Gasteiger partial charge in [0.2, 0.25) is 5.88 Å². The molecule has 1 saturated heterocycles. The minimum atomic E-state index is -3.65. The standard InChI is InChI=1S/C16H20N4O5S2/c1-26(21,22)9-3-8-20-12-15(19-27(20,23)24)13-4-2-5-14(10-13)25-16-11-17-6-7-18-16/h2,4-7,10-11,15,19H,3,8-9,12H2,1H3. The lowest BCUT2D eigenvalue weighted by atomic mass is 10.1. The average molecular weight is 412 g/mol. The zero-order valence-electron chi connectivity index (χ0n) is 14.6. The molecule has 1 N–H and O–H groups in total. The molecule has 11 heteroatoms. The van der Waals surface area contributed by atoms with E-state index in [1.54, 1.807) is 24.3 Å². The molecule has 0 aliphatic carbocycles. The summed E-state index contributed by atoms with van der Waals surface area (Å²) in [4.78, 5) is 7.96. The second kappa shape index (κ2) is 7.89. The zero-order valence-corrected chi connectivity index (χ0v) is 16.3. The fourth-order valence-electron chi connectivity index (χ4n) is 2.73. The number of hydrogen-bond donors (Lipinski definition) is 1. The molecule has 146 valence electrons. The molecule has 1 aliphatic rings. The van der Waals surface area contributed by atoms with Gasteiger partial charge in [-0.3, -0.25) is 4.98 Å². The van der Waals surface area contributed by atoms with E-state index in [9.17, 15) is 16.8 Å². The van der Waals surface area contributed by atoms with Crippen molar-refractivity contribution in [1.29, 1.82) is 0 Å². The summed E-state index contributed by atoms with van der Waals surface area (Å²) in [5, 5.41) is 0. The van der Waals surface area contributed by atoms with E-state index in [1.165, 1.54) is 22.9 Å². The van der Waals surface area contributed by atoms with Crippen LogP contribution >= 0.6 is 0 Å². The topological polar surface area (TPSA) is 119 Å². The Morgan fingerprint density at radius 3 is 2.85 bits per heavy atom. The molecule has 27 heavy (non-hydrogen) atoms. The number of benzene rings is 1. The molecule has 0 saturated carbocycles. The highest BCUT2D eigenvalue weighted by Crippen LogP contribution is 2.28. The van der Waals surface area contributed by atoms with E-state index in [4.69, 9.17) is 4.74 Å². The van der Waals surface area contributed by atoms with Crippen LogP contribution in [-0.2, 0) is 20.0 Å². The Bertz CT molecular complexity index is 996. The summed E-state index contributed by atoms with van der Waals surface area (Å²) in [6.07, 6.45) is 5.92. The third-order valence-corrected chi connectivity index (χ3v) is 6.59. The normalized spacial score (nSPS) is 19.8. The maximum Gasteiger partial charge on any atom is 0.280 e. The fraction of sp³-hybridized carbons (Fsp3) is 0.375. The van der Waals surface area contributed by atoms with Crippen LogP contribution in [0.5, 0.6) is 11.6 Å². The SMILES string of the molecule is CS(=O)(=O)CCCN1CC(c2cccc(Oc3cnccn3)c2)NS1(=O)=O. The maximum atomic E-state index is 12.3. The molecule has 2 aromatic rings. The second-order valence-corrected chi connectivity index (χ2v) is 10.2. The van der Waals surface area contributed by atoms with E-state index >= 15 is 0 Å². The van der Waals surface area contributed by atoms with Crippen LogP contribution in [0.1, 0.15) is 18.0 Å². The molecule has 2 heterocycles. The molecule has 1 atom stereocenters. The van der Waals surface area contributed by atoms with Gasteiger partial charge >= 0.3 is 0 Å². The molecular weight excluding hydrogens is 392 g/mol. The molecular formula is C16H20N4O5S2. The number of hydrogen-bond acceptors (Lipinski definition) is 7. The second-order valence-electron chi connectivity index (χ2n) is 6.24.